The van der Waals surface area contributed by atoms with Gasteiger partial charge in [0.1, 0.15) is 0 Å². The molecule has 23 heavy (non-hydrogen) atoms. The third-order valence-electron chi connectivity index (χ3n) is 3.57. The molecule has 0 N–H and O–H groups in total. The molecule has 0 saturated heterocycles. The highest BCUT2D eigenvalue weighted by Gasteiger charge is 2.19. The first-order valence-corrected chi connectivity index (χ1v) is 8.48. The predicted molar refractivity (Wildman–Crippen MR) is 94.4 cm³/mol. The highest BCUT2D eigenvalue weighted by molar-refractivity contribution is 7.99. The smallest absolute Gasteiger partial charge is 0.254 e. The molecule has 0 fully saturated rings. The molecule has 0 aliphatic heterocycles. The Hall–Kier alpha value is -1.88. The quantitative estimate of drug-likeness (QED) is 0.490. The summed E-state index contributed by atoms with van der Waals surface area (Å²) in [6, 6.07) is 9.07. The standard InChI is InChI=1S/C18H22N2O2S/c1-12-6-8-13(9-7-12)14(21)11-23-17-19-15(18(2,3)4)10-16(22)20(17)5/h6-10H,11H2,1-5H3. The Bertz CT molecular complexity index is 771. The molecular weight excluding hydrogens is 308 g/mol. The number of hydrogen-bond acceptors (Lipinski definition) is 4. The van der Waals surface area contributed by atoms with Gasteiger partial charge in [-0.1, -0.05) is 62.4 Å². The van der Waals surface area contributed by atoms with Crippen molar-refractivity contribution >= 4 is 17.5 Å². The van der Waals surface area contributed by atoms with Gasteiger partial charge in [0.05, 0.1) is 11.4 Å². The van der Waals surface area contributed by atoms with E-state index in [0.717, 1.165) is 11.3 Å². The average molecular weight is 330 g/mol. The fourth-order valence-corrected chi connectivity index (χ4v) is 2.86. The first kappa shape index (κ1) is 17.5. The summed E-state index contributed by atoms with van der Waals surface area (Å²) in [6.07, 6.45) is 0. The molecule has 0 atom stereocenters. The zero-order valence-electron chi connectivity index (χ0n) is 14.2. The van der Waals surface area contributed by atoms with Crippen molar-refractivity contribution < 1.29 is 4.79 Å². The van der Waals surface area contributed by atoms with Gasteiger partial charge in [-0.15, -0.1) is 0 Å². The van der Waals surface area contributed by atoms with Gasteiger partial charge in [-0.05, 0) is 6.92 Å². The van der Waals surface area contributed by atoms with Crippen LogP contribution in [0, 0.1) is 6.92 Å². The number of thioether (sulfide) groups is 1. The second-order valence-electron chi connectivity index (χ2n) is 6.65. The monoisotopic (exact) mass is 330 g/mol. The van der Waals surface area contributed by atoms with Crippen LogP contribution in [0.3, 0.4) is 0 Å². The Kier molecular flexibility index (Phi) is 5.09. The molecule has 2 rings (SSSR count). The number of Topliss-reactive ketones (excluding diaryl/α,β-unsaturated/α-hetero) is 1. The van der Waals surface area contributed by atoms with Crippen molar-refractivity contribution in [1.82, 2.24) is 9.55 Å². The van der Waals surface area contributed by atoms with Gasteiger partial charge in [0.25, 0.3) is 5.56 Å². The minimum absolute atomic E-state index is 0.0328. The van der Waals surface area contributed by atoms with E-state index >= 15 is 0 Å². The zero-order valence-corrected chi connectivity index (χ0v) is 15.0. The molecule has 0 aliphatic carbocycles. The van der Waals surface area contributed by atoms with Gasteiger partial charge in [-0.25, -0.2) is 4.98 Å². The molecule has 122 valence electrons. The lowest BCUT2D eigenvalue weighted by Crippen LogP contribution is -2.25. The van der Waals surface area contributed by atoms with E-state index in [1.165, 1.54) is 16.3 Å². The van der Waals surface area contributed by atoms with E-state index in [1.807, 2.05) is 52.0 Å². The Morgan fingerprint density at radius 3 is 2.39 bits per heavy atom. The lowest BCUT2D eigenvalue weighted by Gasteiger charge is -2.19. The maximum absolute atomic E-state index is 12.3. The van der Waals surface area contributed by atoms with Crippen molar-refractivity contribution in [3.63, 3.8) is 0 Å². The molecule has 1 aromatic heterocycles. The highest BCUT2D eigenvalue weighted by atomic mass is 32.2. The van der Waals surface area contributed by atoms with E-state index in [2.05, 4.69) is 4.98 Å². The summed E-state index contributed by atoms with van der Waals surface area (Å²) in [6.45, 7) is 8.03. The minimum Gasteiger partial charge on any atom is -0.293 e. The second-order valence-corrected chi connectivity index (χ2v) is 7.59. The van der Waals surface area contributed by atoms with Gasteiger partial charge in [0.15, 0.2) is 10.9 Å². The number of aromatic nitrogens is 2. The van der Waals surface area contributed by atoms with Crippen LogP contribution in [0.1, 0.15) is 42.4 Å². The van der Waals surface area contributed by atoms with Crippen LogP contribution in [0.15, 0.2) is 40.3 Å². The summed E-state index contributed by atoms with van der Waals surface area (Å²) < 4.78 is 1.49. The molecule has 0 aliphatic rings. The van der Waals surface area contributed by atoms with Crippen LogP contribution in [-0.2, 0) is 12.5 Å². The van der Waals surface area contributed by atoms with Crippen LogP contribution < -0.4 is 5.56 Å². The Morgan fingerprint density at radius 1 is 1.22 bits per heavy atom. The number of aryl methyl sites for hydroxylation is 1. The largest absolute Gasteiger partial charge is 0.293 e. The molecule has 1 aromatic carbocycles. The van der Waals surface area contributed by atoms with Crippen molar-refractivity contribution in [3.8, 4) is 0 Å². The molecule has 0 saturated carbocycles. The first-order chi connectivity index (χ1) is 10.7. The summed E-state index contributed by atoms with van der Waals surface area (Å²) in [5, 5.41) is 0.572. The zero-order chi connectivity index (χ0) is 17.2. The Labute approximate surface area is 141 Å². The first-order valence-electron chi connectivity index (χ1n) is 7.49. The van der Waals surface area contributed by atoms with Crippen LogP contribution in [0.25, 0.3) is 0 Å². The van der Waals surface area contributed by atoms with Gasteiger partial charge in [0.2, 0.25) is 0 Å². The number of rotatable bonds is 4. The molecule has 5 heteroatoms. The molecule has 0 radical (unpaired) electrons. The SMILES string of the molecule is Cc1ccc(C(=O)CSc2nc(C(C)(C)C)cc(=O)n2C)cc1. The van der Waals surface area contributed by atoms with E-state index in [-0.39, 0.29) is 22.5 Å². The minimum atomic E-state index is -0.205. The fourth-order valence-electron chi connectivity index (χ4n) is 1.98. The normalized spacial score (nSPS) is 11.5. The topological polar surface area (TPSA) is 52.0 Å². The highest BCUT2D eigenvalue weighted by Crippen LogP contribution is 2.22. The number of hydrogen-bond donors (Lipinski definition) is 0. The molecular formula is C18H22N2O2S. The maximum atomic E-state index is 12.3. The summed E-state index contributed by atoms with van der Waals surface area (Å²) >= 11 is 1.30. The number of benzene rings is 1. The number of carbonyl (C=O) groups is 1. The molecule has 0 amide bonds. The number of nitrogens with zero attached hydrogens (tertiary/aromatic N) is 2. The van der Waals surface area contributed by atoms with Crippen LogP contribution >= 0.6 is 11.8 Å². The van der Waals surface area contributed by atoms with Gasteiger partial charge >= 0.3 is 0 Å². The molecule has 0 unspecified atom stereocenters. The van der Waals surface area contributed by atoms with Crippen molar-refractivity contribution in [2.75, 3.05) is 5.75 Å². The molecule has 2 aromatic rings. The lowest BCUT2D eigenvalue weighted by atomic mass is 9.92. The van der Waals surface area contributed by atoms with Crippen molar-refractivity contribution in [2.24, 2.45) is 7.05 Å². The fraction of sp³-hybridized carbons (Fsp3) is 0.389. The molecule has 0 bridgehead atoms. The Morgan fingerprint density at radius 2 is 1.83 bits per heavy atom. The van der Waals surface area contributed by atoms with Crippen LogP contribution in [0.4, 0.5) is 0 Å². The van der Waals surface area contributed by atoms with Crippen molar-refractivity contribution in [3.05, 3.63) is 57.5 Å². The molecule has 1 heterocycles. The predicted octanol–water partition coefficient (Wildman–Crippen LogP) is 3.36. The third kappa shape index (κ3) is 4.32. The van der Waals surface area contributed by atoms with E-state index in [9.17, 15) is 9.59 Å². The van der Waals surface area contributed by atoms with E-state index in [4.69, 9.17) is 0 Å². The van der Waals surface area contributed by atoms with Gasteiger partial charge < -0.3 is 0 Å². The Balaban J connectivity index is 2.20. The van der Waals surface area contributed by atoms with Crippen LogP contribution in [0.5, 0.6) is 0 Å². The van der Waals surface area contributed by atoms with Crippen molar-refractivity contribution in [1.29, 1.82) is 0 Å². The summed E-state index contributed by atoms with van der Waals surface area (Å²) in [7, 11) is 1.68. The second kappa shape index (κ2) is 6.71. The average Bonchev–Trinajstić information content (AvgIpc) is 2.48. The van der Waals surface area contributed by atoms with E-state index < -0.39 is 0 Å². The molecule has 0 spiro atoms. The van der Waals surface area contributed by atoms with Gasteiger partial charge in [0, 0.05) is 24.1 Å². The van der Waals surface area contributed by atoms with Crippen LogP contribution in [0.2, 0.25) is 0 Å². The van der Waals surface area contributed by atoms with Crippen LogP contribution in [-0.4, -0.2) is 21.1 Å². The third-order valence-corrected chi connectivity index (χ3v) is 4.60. The number of carbonyl (C=O) groups excluding carboxylic acids is 1. The summed E-state index contributed by atoms with van der Waals surface area (Å²) in [5.41, 5.74) is 2.24. The lowest BCUT2D eigenvalue weighted by molar-refractivity contribution is 0.102. The van der Waals surface area contributed by atoms with E-state index in [1.54, 1.807) is 13.1 Å². The molecule has 4 nitrogen and oxygen atoms in total. The maximum Gasteiger partial charge on any atom is 0.254 e. The van der Waals surface area contributed by atoms with Gasteiger partial charge in [-0.3, -0.25) is 14.2 Å². The van der Waals surface area contributed by atoms with Crippen molar-refractivity contribution in [2.45, 2.75) is 38.3 Å². The summed E-state index contributed by atoms with van der Waals surface area (Å²) in [4.78, 5) is 28.9. The summed E-state index contributed by atoms with van der Waals surface area (Å²) in [5.74, 6) is 0.294. The van der Waals surface area contributed by atoms with E-state index in [0.29, 0.717) is 10.7 Å². The number of ketones is 1. The van der Waals surface area contributed by atoms with Gasteiger partial charge in [-0.2, -0.15) is 0 Å².